The van der Waals surface area contributed by atoms with E-state index in [9.17, 15) is 9.59 Å². The molecule has 5 nitrogen and oxygen atoms in total. The van der Waals surface area contributed by atoms with Gasteiger partial charge in [-0.05, 0) is 25.7 Å². The van der Waals surface area contributed by atoms with E-state index in [-0.39, 0.29) is 12.1 Å². The molecule has 0 aromatic heterocycles. The molecule has 2 atom stereocenters. The number of carbonyl (C=O) groups is 2. The van der Waals surface area contributed by atoms with Crippen LogP contribution in [0.2, 0.25) is 0 Å². The van der Waals surface area contributed by atoms with E-state index in [1.54, 1.807) is 11.8 Å². The number of urea groups is 1. The number of nitrogens with one attached hydrogen (secondary N) is 1. The van der Waals surface area contributed by atoms with Crippen LogP contribution in [0.5, 0.6) is 0 Å². The molecule has 0 radical (unpaired) electrons. The molecule has 1 aliphatic carbocycles. The molecule has 0 bridgehead atoms. The van der Waals surface area contributed by atoms with Crippen LogP contribution in [0.3, 0.4) is 0 Å². The summed E-state index contributed by atoms with van der Waals surface area (Å²) in [6, 6.07) is -0.763. The van der Waals surface area contributed by atoms with Crippen molar-refractivity contribution in [3.63, 3.8) is 0 Å². The van der Waals surface area contributed by atoms with Crippen molar-refractivity contribution in [3.05, 3.63) is 0 Å². The Bertz CT molecular complexity index is 345. The van der Waals surface area contributed by atoms with Crippen molar-refractivity contribution in [1.82, 2.24) is 10.2 Å². The summed E-state index contributed by atoms with van der Waals surface area (Å²) in [5, 5.41) is 12.2. The smallest absolute Gasteiger partial charge is 0.327 e. The van der Waals surface area contributed by atoms with Crippen molar-refractivity contribution in [1.29, 1.82) is 0 Å². The molecule has 19 heavy (non-hydrogen) atoms. The summed E-state index contributed by atoms with van der Waals surface area (Å²) in [4.78, 5) is 24.9. The minimum absolute atomic E-state index is 0.138. The van der Waals surface area contributed by atoms with Crippen LogP contribution >= 0.6 is 11.8 Å². The van der Waals surface area contributed by atoms with Gasteiger partial charge in [0.2, 0.25) is 0 Å². The summed E-state index contributed by atoms with van der Waals surface area (Å²) >= 11 is 1.59. The van der Waals surface area contributed by atoms with Gasteiger partial charge in [-0.25, -0.2) is 9.59 Å². The summed E-state index contributed by atoms with van der Waals surface area (Å²) in [6.45, 7) is 2.55. The summed E-state index contributed by atoms with van der Waals surface area (Å²) in [7, 11) is 0. The van der Waals surface area contributed by atoms with E-state index in [0.717, 1.165) is 5.75 Å². The van der Waals surface area contributed by atoms with Gasteiger partial charge in [0.05, 0.1) is 0 Å². The molecule has 0 aromatic carbocycles. The molecular formula is C13H22N2O3S. The van der Waals surface area contributed by atoms with Gasteiger partial charge in [-0.1, -0.05) is 12.8 Å². The molecule has 2 rings (SSSR count). The number of aliphatic carboxylic acids is 1. The zero-order chi connectivity index (χ0) is 13.8. The van der Waals surface area contributed by atoms with Gasteiger partial charge < -0.3 is 15.3 Å². The molecule has 1 saturated heterocycles. The quantitative estimate of drug-likeness (QED) is 0.829. The number of carboxylic acids is 1. The van der Waals surface area contributed by atoms with Gasteiger partial charge >= 0.3 is 12.0 Å². The first-order chi connectivity index (χ1) is 9.09. The lowest BCUT2D eigenvalue weighted by Gasteiger charge is -2.34. The van der Waals surface area contributed by atoms with Gasteiger partial charge in [-0.2, -0.15) is 11.8 Å². The molecule has 108 valence electrons. The number of hydrogen-bond donors (Lipinski definition) is 2. The Morgan fingerprint density at radius 1 is 1.37 bits per heavy atom. The van der Waals surface area contributed by atoms with Crippen LogP contribution in [0.15, 0.2) is 0 Å². The Balaban J connectivity index is 1.91. The lowest BCUT2D eigenvalue weighted by Crippen LogP contribution is -2.55. The molecular weight excluding hydrogens is 264 g/mol. The molecule has 6 heteroatoms. The molecule has 2 unspecified atom stereocenters. The van der Waals surface area contributed by atoms with Crippen molar-refractivity contribution in [2.45, 2.75) is 44.7 Å². The minimum atomic E-state index is -0.907. The van der Waals surface area contributed by atoms with Crippen molar-refractivity contribution in [2.24, 2.45) is 5.92 Å². The SMILES string of the molecule is CC(NC(=O)N1CCSCC1C(=O)O)C1CCCC1. The third-order valence-electron chi connectivity index (χ3n) is 4.13. The zero-order valence-electron chi connectivity index (χ0n) is 11.3. The predicted octanol–water partition coefficient (Wildman–Crippen LogP) is 1.78. The van der Waals surface area contributed by atoms with Crippen LogP contribution < -0.4 is 5.32 Å². The fraction of sp³-hybridized carbons (Fsp3) is 0.846. The highest BCUT2D eigenvalue weighted by atomic mass is 32.2. The molecule has 2 N–H and O–H groups in total. The lowest BCUT2D eigenvalue weighted by molar-refractivity contribution is -0.141. The third-order valence-corrected chi connectivity index (χ3v) is 5.16. The van der Waals surface area contributed by atoms with Crippen LogP contribution in [0.25, 0.3) is 0 Å². The molecule has 1 saturated carbocycles. The van der Waals surface area contributed by atoms with E-state index >= 15 is 0 Å². The van der Waals surface area contributed by atoms with E-state index in [1.807, 2.05) is 6.92 Å². The molecule has 0 aromatic rings. The number of nitrogens with zero attached hydrogens (tertiary/aromatic N) is 1. The van der Waals surface area contributed by atoms with Crippen molar-refractivity contribution in [2.75, 3.05) is 18.1 Å². The van der Waals surface area contributed by atoms with E-state index in [2.05, 4.69) is 5.32 Å². The Labute approximate surface area is 118 Å². The number of hydrogen-bond acceptors (Lipinski definition) is 3. The fourth-order valence-electron chi connectivity index (χ4n) is 2.90. The fourth-order valence-corrected chi connectivity index (χ4v) is 3.94. The number of rotatable bonds is 3. The van der Waals surface area contributed by atoms with Crippen molar-refractivity contribution < 1.29 is 14.7 Å². The summed E-state index contributed by atoms with van der Waals surface area (Å²) in [5.41, 5.74) is 0. The summed E-state index contributed by atoms with van der Waals surface area (Å²) in [6.07, 6.45) is 4.81. The minimum Gasteiger partial charge on any atom is -0.480 e. The highest BCUT2D eigenvalue weighted by Crippen LogP contribution is 2.27. The van der Waals surface area contributed by atoms with Gasteiger partial charge in [0.1, 0.15) is 6.04 Å². The summed E-state index contributed by atoms with van der Waals surface area (Å²) in [5.74, 6) is 0.942. The maximum Gasteiger partial charge on any atom is 0.327 e. The number of carboxylic acid groups (broad SMARTS) is 1. The predicted molar refractivity (Wildman–Crippen MR) is 75.4 cm³/mol. The van der Waals surface area contributed by atoms with Gasteiger partial charge in [-0.15, -0.1) is 0 Å². The second-order valence-corrected chi connectivity index (χ2v) is 6.55. The number of carbonyl (C=O) groups excluding carboxylic acids is 1. The highest BCUT2D eigenvalue weighted by molar-refractivity contribution is 7.99. The third kappa shape index (κ3) is 3.55. The first-order valence-corrected chi connectivity index (χ1v) is 8.12. The summed E-state index contributed by atoms with van der Waals surface area (Å²) < 4.78 is 0. The zero-order valence-corrected chi connectivity index (χ0v) is 12.1. The van der Waals surface area contributed by atoms with Gasteiger partial charge in [0, 0.05) is 24.1 Å². The molecule has 1 aliphatic heterocycles. The monoisotopic (exact) mass is 286 g/mol. The number of thioether (sulfide) groups is 1. The van der Waals surface area contributed by atoms with Crippen LogP contribution in [0.1, 0.15) is 32.6 Å². The molecule has 0 spiro atoms. The van der Waals surface area contributed by atoms with E-state index < -0.39 is 12.0 Å². The van der Waals surface area contributed by atoms with Crippen molar-refractivity contribution in [3.8, 4) is 0 Å². The Morgan fingerprint density at radius 2 is 2.05 bits per heavy atom. The van der Waals surface area contributed by atoms with Gasteiger partial charge in [0.25, 0.3) is 0 Å². The second kappa shape index (κ2) is 6.50. The molecule has 2 amide bonds. The van der Waals surface area contributed by atoms with Crippen LogP contribution in [-0.2, 0) is 4.79 Å². The lowest BCUT2D eigenvalue weighted by atomic mass is 10.00. The molecule has 2 aliphatic rings. The van der Waals surface area contributed by atoms with Crippen LogP contribution in [0.4, 0.5) is 4.79 Å². The van der Waals surface area contributed by atoms with E-state index in [0.29, 0.717) is 18.2 Å². The van der Waals surface area contributed by atoms with Crippen LogP contribution in [0, 0.1) is 5.92 Å². The number of amides is 2. The average Bonchev–Trinajstić information content (AvgIpc) is 2.92. The van der Waals surface area contributed by atoms with Crippen LogP contribution in [-0.4, -0.2) is 52.1 Å². The van der Waals surface area contributed by atoms with Crippen molar-refractivity contribution >= 4 is 23.8 Å². The first kappa shape index (κ1) is 14.5. The topological polar surface area (TPSA) is 69.6 Å². The normalized spacial score (nSPS) is 26.2. The maximum atomic E-state index is 12.2. The Hall–Kier alpha value is -0.910. The molecule has 2 fully saturated rings. The van der Waals surface area contributed by atoms with Gasteiger partial charge in [-0.3, -0.25) is 0 Å². The Morgan fingerprint density at radius 3 is 2.68 bits per heavy atom. The maximum absolute atomic E-state index is 12.2. The second-order valence-electron chi connectivity index (χ2n) is 5.41. The average molecular weight is 286 g/mol. The Kier molecular flexibility index (Phi) is 4.96. The van der Waals surface area contributed by atoms with E-state index in [1.165, 1.54) is 30.6 Å². The molecule has 1 heterocycles. The highest BCUT2D eigenvalue weighted by Gasteiger charge is 2.33. The standard InChI is InChI=1S/C13H22N2O3S/c1-9(10-4-2-3-5-10)14-13(18)15-6-7-19-8-11(15)12(16)17/h9-11H,2-8H2,1H3,(H,14,18)(H,16,17). The first-order valence-electron chi connectivity index (χ1n) is 6.97. The largest absolute Gasteiger partial charge is 0.480 e. The van der Waals surface area contributed by atoms with E-state index in [4.69, 9.17) is 5.11 Å². The van der Waals surface area contributed by atoms with Gasteiger partial charge in [0.15, 0.2) is 0 Å².